The Morgan fingerprint density at radius 1 is 1.65 bits per heavy atom. The Morgan fingerprint density at radius 2 is 2.35 bits per heavy atom. The number of hydrogen-bond acceptors (Lipinski definition) is 4. The van der Waals surface area contributed by atoms with Gasteiger partial charge in [-0.05, 0) is 39.2 Å². The second kappa shape index (κ2) is 6.93. The van der Waals surface area contributed by atoms with Crippen LogP contribution in [0.2, 0.25) is 0 Å². The van der Waals surface area contributed by atoms with Crippen LogP contribution in [0.3, 0.4) is 0 Å². The minimum absolute atomic E-state index is 0.107. The van der Waals surface area contributed by atoms with Crippen LogP contribution in [0, 0.1) is 0 Å². The van der Waals surface area contributed by atoms with Crippen molar-refractivity contribution in [2.45, 2.75) is 64.1 Å². The number of hydrogen-bond donors (Lipinski definition) is 3. The summed E-state index contributed by atoms with van der Waals surface area (Å²) in [6.45, 7) is 4.79. The molecule has 0 aromatic heterocycles. The van der Waals surface area contributed by atoms with E-state index in [-0.39, 0.29) is 18.1 Å². The zero-order chi connectivity index (χ0) is 12.8. The predicted octanol–water partition coefficient (Wildman–Crippen LogP) is 0.380. The summed E-state index contributed by atoms with van der Waals surface area (Å²) in [5, 5.41) is 9.49. The second-order valence-electron chi connectivity index (χ2n) is 4.93. The first-order chi connectivity index (χ1) is 8.10. The molecule has 3 unspecified atom stereocenters. The van der Waals surface area contributed by atoms with Gasteiger partial charge in [-0.1, -0.05) is 13.3 Å². The number of nitrogens with zero attached hydrogens (tertiary/aromatic N) is 1. The molecule has 0 aromatic carbocycles. The Bertz CT molecular complexity index is 246. The van der Waals surface area contributed by atoms with Crippen molar-refractivity contribution in [2.75, 3.05) is 6.54 Å². The third kappa shape index (κ3) is 3.94. The van der Waals surface area contributed by atoms with Crippen LogP contribution >= 0.6 is 0 Å². The first-order valence-corrected chi connectivity index (χ1v) is 6.54. The molecule has 0 bridgehead atoms. The van der Waals surface area contributed by atoms with Gasteiger partial charge in [-0.2, -0.15) is 0 Å². The molecule has 0 saturated carbocycles. The lowest BCUT2D eigenvalue weighted by Crippen LogP contribution is -2.51. The van der Waals surface area contributed by atoms with Gasteiger partial charge < -0.3 is 5.11 Å². The van der Waals surface area contributed by atoms with Gasteiger partial charge in [0, 0.05) is 6.04 Å². The molecule has 5 nitrogen and oxygen atoms in total. The molecule has 1 fully saturated rings. The average molecular weight is 243 g/mol. The number of nitrogens with one attached hydrogen (secondary N) is 1. The Kier molecular flexibility index (Phi) is 5.88. The highest BCUT2D eigenvalue weighted by Crippen LogP contribution is 2.25. The molecule has 1 aliphatic rings. The molecule has 0 aromatic rings. The molecule has 0 radical (unpaired) electrons. The summed E-state index contributed by atoms with van der Waals surface area (Å²) < 4.78 is 0. The summed E-state index contributed by atoms with van der Waals surface area (Å²) in [6, 6.07) is 0.167. The highest BCUT2D eigenvalue weighted by Gasteiger charge is 2.34. The van der Waals surface area contributed by atoms with Crippen molar-refractivity contribution in [2.24, 2.45) is 5.84 Å². The number of nitrogens with two attached hydrogens (primary N) is 1. The van der Waals surface area contributed by atoms with Crippen molar-refractivity contribution in [1.29, 1.82) is 0 Å². The van der Waals surface area contributed by atoms with Crippen LogP contribution in [0.1, 0.15) is 46.0 Å². The SMILES string of the molecule is CCCC(C(=O)NN)N1CCCC1CC(C)O. The van der Waals surface area contributed by atoms with E-state index in [0.29, 0.717) is 6.04 Å². The number of carbonyl (C=O) groups excluding carboxylic acids is 1. The minimum atomic E-state index is -0.316. The number of amides is 1. The van der Waals surface area contributed by atoms with Crippen LogP contribution in [0.15, 0.2) is 0 Å². The van der Waals surface area contributed by atoms with Crippen molar-refractivity contribution in [3.63, 3.8) is 0 Å². The molecule has 1 aliphatic heterocycles. The number of carbonyl (C=O) groups is 1. The topological polar surface area (TPSA) is 78.6 Å². The molecular weight excluding hydrogens is 218 g/mol. The van der Waals surface area contributed by atoms with Crippen molar-refractivity contribution in [3.05, 3.63) is 0 Å². The quantitative estimate of drug-likeness (QED) is 0.358. The van der Waals surface area contributed by atoms with Gasteiger partial charge in [0.1, 0.15) is 0 Å². The van der Waals surface area contributed by atoms with Crippen molar-refractivity contribution >= 4 is 5.91 Å². The molecule has 1 heterocycles. The van der Waals surface area contributed by atoms with Crippen LogP contribution < -0.4 is 11.3 Å². The molecular formula is C12H25N3O2. The molecule has 1 amide bonds. The van der Waals surface area contributed by atoms with Crippen LogP contribution in [-0.2, 0) is 4.79 Å². The van der Waals surface area contributed by atoms with Gasteiger partial charge in [-0.15, -0.1) is 0 Å². The van der Waals surface area contributed by atoms with Gasteiger partial charge in [0.15, 0.2) is 0 Å². The fourth-order valence-corrected chi connectivity index (χ4v) is 2.73. The monoisotopic (exact) mass is 243 g/mol. The lowest BCUT2D eigenvalue weighted by atomic mass is 10.0. The maximum absolute atomic E-state index is 11.8. The molecule has 4 N–H and O–H groups in total. The fraction of sp³-hybridized carbons (Fsp3) is 0.917. The van der Waals surface area contributed by atoms with Gasteiger partial charge in [0.25, 0.3) is 5.91 Å². The molecule has 3 atom stereocenters. The minimum Gasteiger partial charge on any atom is -0.393 e. The van der Waals surface area contributed by atoms with E-state index in [0.717, 1.165) is 38.6 Å². The largest absolute Gasteiger partial charge is 0.393 e. The number of aliphatic hydroxyl groups is 1. The Labute approximate surface area is 103 Å². The second-order valence-corrected chi connectivity index (χ2v) is 4.93. The third-order valence-electron chi connectivity index (χ3n) is 3.44. The molecule has 0 aliphatic carbocycles. The molecule has 0 spiro atoms. The summed E-state index contributed by atoms with van der Waals surface area (Å²) in [7, 11) is 0. The predicted molar refractivity (Wildman–Crippen MR) is 67.1 cm³/mol. The van der Waals surface area contributed by atoms with Crippen LogP contribution in [0.25, 0.3) is 0 Å². The lowest BCUT2D eigenvalue weighted by Gasteiger charge is -2.32. The van der Waals surface area contributed by atoms with Crippen LogP contribution in [-0.4, -0.2) is 40.6 Å². The van der Waals surface area contributed by atoms with Crippen molar-refractivity contribution in [3.8, 4) is 0 Å². The zero-order valence-electron chi connectivity index (χ0n) is 10.9. The van der Waals surface area contributed by atoms with E-state index < -0.39 is 0 Å². The Morgan fingerprint density at radius 3 is 2.88 bits per heavy atom. The van der Waals surface area contributed by atoms with Gasteiger partial charge in [-0.25, -0.2) is 5.84 Å². The standard InChI is InChI=1S/C12H25N3O2/c1-3-5-11(12(17)14-13)15-7-4-6-10(15)8-9(2)16/h9-11,16H,3-8,13H2,1-2H3,(H,14,17). The summed E-state index contributed by atoms with van der Waals surface area (Å²) >= 11 is 0. The van der Waals surface area contributed by atoms with E-state index in [9.17, 15) is 9.90 Å². The molecule has 17 heavy (non-hydrogen) atoms. The molecule has 1 rings (SSSR count). The fourth-order valence-electron chi connectivity index (χ4n) is 2.73. The normalized spacial score (nSPS) is 24.6. The number of rotatable bonds is 6. The van der Waals surface area contributed by atoms with E-state index in [1.54, 1.807) is 6.92 Å². The molecule has 100 valence electrons. The summed E-state index contributed by atoms with van der Waals surface area (Å²) in [4.78, 5) is 14.0. The van der Waals surface area contributed by atoms with Gasteiger partial charge in [0.2, 0.25) is 0 Å². The van der Waals surface area contributed by atoms with Crippen molar-refractivity contribution in [1.82, 2.24) is 10.3 Å². The first kappa shape index (κ1) is 14.4. The number of aliphatic hydroxyl groups excluding tert-OH is 1. The maximum Gasteiger partial charge on any atom is 0.251 e. The van der Waals surface area contributed by atoms with E-state index in [2.05, 4.69) is 17.2 Å². The van der Waals surface area contributed by atoms with E-state index >= 15 is 0 Å². The van der Waals surface area contributed by atoms with E-state index in [1.807, 2.05) is 0 Å². The van der Waals surface area contributed by atoms with Crippen LogP contribution in [0.5, 0.6) is 0 Å². The molecule has 5 heteroatoms. The Balaban J connectivity index is 2.67. The summed E-state index contributed by atoms with van der Waals surface area (Å²) in [6.07, 6.45) is 4.34. The number of likely N-dealkylation sites (tertiary alicyclic amines) is 1. The van der Waals surface area contributed by atoms with Gasteiger partial charge >= 0.3 is 0 Å². The average Bonchev–Trinajstić information content (AvgIpc) is 2.72. The third-order valence-corrected chi connectivity index (χ3v) is 3.44. The smallest absolute Gasteiger partial charge is 0.251 e. The summed E-state index contributed by atoms with van der Waals surface area (Å²) in [5.74, 6) is 5.13. The zero-order valence-corrected chi connectivity index (χ0v) is 10.9. The van der Waals surface area contributed by atoms with Gasteiger partial charge in [0.05, 0.1) is 12.1 Å². The number of hydrazine groups is 1. The molecule has 1 saturated heterocycles. The Hall–Kier alpha value is -0.650. The first-order valence-electron chi connectivity index (χ1n) is 6.54. The lowest BCUT2D eigenvalue weighted by molar-refractivity contribution is -0.127. The van der Waals surface area contributed by atoms with E-state index in [4.69, 9.17) is 5.84 Å². The summed E-state index contributed by atoms with van der Waals surface area (Å²) in [5.41, 5.74) is 2.26. The van der Waals surface area contributed by atoms with Crippen LogP contribution in [0.4, 0.5) is 0 Å². The maximum atomic E-state index is 11.8. The van der Waals surface area contributed by atoms with E-state index in [1.165, 1.54) is 0 Å². The highest BCUT2D eigenvalue weighted by atomic mass is 16.3. The van der Waals surface area contributed by atoms with Gasteiger partial charge in [-0.3, -0.25) is 15.1 Å². The van der Waals surface area contributed by atoms with Crippen molar-refractivity contribution < 1.29 is 9.90 Å². The highest BCUT2D eigenvalue weighted by molar-refractivity contribution is 5.81.